The van der Waals surface area contributed by atoms with E-state index >= 15 is 0 Å². The summed E-state index contributed by atoms with van der Waals surface area (Å²) in [6.07, 6.45) is 4.15. The Morgan fingerprint density at radius 2 is 2.00 bits per heavy atom. The zero-order valence-electron chi connectivity index (χ0n) is 9.61. The summed E-state index contributed by atoms with van der Waals surface area (Å²) in [6.45, 7) is 4.69. The molecule has 4 unspecified atom stereocenters. The average molecular weight is 246 g/mol. The van der Waals surface area contributed by atoms with Gasteiger partial charge < -0.3 is 0 Å². The Kier molecular flexibility index (Phi) is 4.27. The Morgan fingerprint density at radius 1 is 1.27 bits per heavy atom. The predicted octanol–water partition coefficient (Wildman–Crippen LogP) is 2.24. The SMILES string of the molecule is CC1SCC(C(NN)C2CCC2)SC1C. The third-order valence-electron chi connectivity index (χ3n) is 3.82. The average Bonchev–Trinajstić information content (AvgIpc) is 2.16. The van der Waals surface area contributed by atoms with Crippen LogP contribution in [0.25, 0.3) is 0 Å². The fourth-order valence-corrected chi connectivity index (χ4v) is 5.53. The van der Waals surface area contributed by atoms with E-state index in [-0.39, 0.29) is 0 Å². The lowest BCUT2D eigenvalue weighted by Gasteiger charge is -2.42. The maximum absolute atomic E-state index is 5.72. The van der Waals surface area contributed by atoms with Crippen molar-refractivity contribution in [2.75, 3.05) is 5.75 Å². The van der Waals surface area contributed by atoms with Crippen LogP contribution in [0, 0.1) is 5.92 Å². The van der Waals surface area contributed by atoms with Crippen LogP contribution in [0.3, 0.4) is 0 Å². The molecule has 2 fully saturated rings. The van der Waals surface area contributed by atoms with Gasteiger partial charge in [0.15, 0.2) is 0 Å². The molecule has 2 aliphatic rings. The van der Waals surface area contributed by atoms with Crippen LogP contribution in [0.1, 0.15) is 33.1 Å². The highest BCUT2D eigenvalue weighted by atomic mass is 32.2. The van der Waals surface area contributed by atoms with E-state index in [2.05, 4.69) is 42.8 Å². The lowest BCUT2D eigenvalue weighted by Crippen LogP contribution is -2.52. The molecule has 4 atom stereocenters. The summed E-state index contributed by atoms with van der Waals surface area (Å²) in [6, 6.07) is 0.547. The zero-order chi connectivity index (χ0) is 10.8. The fraction of sp³-hybridized carbons (Fsp3) is 1.00. The second-order valence-electron chi connectivity index (χ2n) is 4.80. The molecule has 1 saturated carbocycles. The predicted molar refractivity (Wildman–Crippen MR) is 71.2 cm³/mol. The zero-order valence-corrected chi connectivity index (χ0v) is 11.2. The molecule has 1 saturated heterocycles. The molecule has 2 rings (SSSR count). The summed E-state index contributed by atoms with van der Waals surface area (Å²) in [5.74, 6) is 7.83. The van der Waals surface area contributed by atoms with E-state index in [0.717, 1.165) is 21.7 Å². The summed E-state index contributed by atoms with van der Waals surface area (Å²) in [7, 11) is 0. The van der Waals surface area contributed by atoms with E-state index in [9.17, 15) is 0 Å². The summed E-state index contributed by atoms with van der Waals surface area (Å²) < 4.78 is 0. The third-order valence-corrected chi connectivity index (χ3v) is 7.34. The quantitative estimate of drug-likeness (QED) is 0.592. The third kappa shape index (κ3) is 2.65. The molecule has 15 heavy (non-hydrogen) atoms. The fourth-order valence-electron chi connectivity index (χ4n) is 2.34. The Hall–Kier alpha value is 0.620. The van der Waals surface area contributed by atoms with Crippen molar-refractivity contribution in [2.24, 2.45) is 11.8 Å². The molecule has 1 aliphatic carbocycles. The molecule has 3 N–H and O–H groups in total. The summed E-state index contributed by atoms with van der Waals surface area (Å²) in [5.41, 5.74) is 3.07. The van der Waals surface area contributed by atoms with Crippen LogP contribution in [-0.4, -0.2) is 27.5 Å². The Bertz CT molecular complexity index is 209. The number of nitrogens with two attached hydrogens (primary N) is 1. The molecule has 88 valence electrons. The van der Waals surface area contributed by atoms with Crippen LogP contribution >= 0.6 is 23.5 Å². The summed E-state index contributed by atoms with van der Waals surface area (Å²) >= 11 is 4.25. The molecular weight excluding hydrogens is 224 g/mol. The number of thioether (sulfide) groups is 2. The first-order chi connectivity index (χ1) is 7.22. The molecule has 0 amide bonds. The van der Waals surface area contributed by atoms with Crippen molar-refractivity contribution >= 4 is 23.5 Å². The minimum atomic E-state index is 0.547. The van der Waals surface area contributed by atoms with Gasteiger partial charge in [0.2, 0.25) is 0 Å². The van der Waals surface area contributed by atoms with Crippen molar-refractivity contribution < 1.29 is 0 Å². The number of rotatable bonds is 3. The molecule has 2 nitrogen and oxygen atoms in total. The molecule has 0 bridgehead atoms. The molecule has 0 aromatic heterocycles. The van der Waals surface area contributed by atoms with Gasteiger partial charge in [-0.1, -0.05) is 20.3 Å². The Morgan fingerprint density at radius 3 is 2.47 bits per heavy atom. The maximum atomic E-state index is 5.72. The molecule has 1 aliphatic heterocycles. The first-order valence-corrected chi connectivity index (χ1v) is 7.94. The smallest absolute Gasteiger partial charge is 0.0365 e. The van der Waals surface area contributed by atoms with Gasteiger partial charge in [-0.3, -0.25) is 11.3 Å². The van der Waals surface area contributed by atoms with Crippen molar-refractivity contribution in [1.82, 2.24) is 5.43 Å². The van der Waals surface area contributed by atoms with Gasteiger partial charge in [-0.05, 0) is 18.8 Å². The lowest BCUT2D eigenvalue weighted by molar-refractivity contribution is 0.229. The number of hydrogen-bond acceptors (Lipinski definition) is 4. The van der Waals surface area contributed by atoms with Crippen molar-refractivity contribution in [1.29, 1.82) is 0 Å². The van der Waals surface area contributed by atoms with Crippen LogP contribution in [0.2, 0.25) is 0 Å². The van der Waals surface area contributed by atoms with Crippen LogP contribution < -0.4 is 11.3 Å². The van der Waals surface area contributed by atoms with Crippen molar-refractivity contribution in [3.63, 3.8) is 0 Å². The van der Waals surface area contributed by atoms with Gasteiger partial charge in [-0.15, -0.1) is 0 Å². The minimum absolute atomic E-state index is 0.547. The number of hydrogen-bond donors (Lipinski definition) is 2. The van der Waals surface area contributed by atoms with Crippen molar-refractivity contribution in [2.45, 2.75) is 54.9 Å². The molecule has 0 radical (unpaired) electrons. The first kappa shape index (κ1) is 12.1. The van der Waals surface area contributed by atoms with E-state index in [1.54, 1.807) is 0 Å². The minimum Gasteiger partial charge on any atom is -0.271 e. The Balaban J connectivity index is 1.90. The van der Waals surface area contributed by atoms with E-state index in [4.69, 9.17) is 5.84 Å². The van der Waals surface area contributed by atoms with E-state index < -0.39 is 0 Å². The number of nitrogens with one attached hydrogen (secondary N) is 1. The van der Waals surface area contributed by atoms with Crippen LogP contribution in [0.4, 0.5) is 0 Å². The van der Waals surface area contributed by atoms with Crippen LogP contribution in [-0.2, 0) is 0 Å². The van der Waals surface area contributed by atoms with Gasteiger partial charge in [0.1, 0.15) is 0 Å². The second kappa shape index (κ2) is 5.30. The van der Waals surface area contributed by atoms with Crippen molar-refractivity contribution in [3.8, 4) is 0 Å². The molecule has 0 aromatic rings. The largest absolute Gasteiger partial charge is 0.271 e. The van der Waals surface area contributed by atoms with E-state index in [0.29, 0.717) is 6.04 Å². The first-order valence-electron chi connectivity index (χ1n) is 5.95. The summed E-state index contributed by atoms with van der Waals surface area (Å²) in [4.78, 5) is 0. The summed E-state index contributed by atoms with van der Waals surface area (Å²) in [5, 5.41) is 2.28. The van der Waals surface area contributed by atoms with Crippen LogP contribution in [0.15, 0.2) is 0 Å². The van der Waals surface area contributed by atoms with Gasteiger partial charge in [0.25, 0.3) is 0 Å². The van der Waals surface area contributed by atoms with Crippen molar-refractivity contribution in [3.05, 3.63) is 0 Å². The normalized spacial score (nSPS) is 39.8. The van der Waals surface area contributed by atoms with Crippen LogP contribution in [0.5, 0.6) is 0 Å². The van der Waals surface area contributed by atoms with Gasteiger partial charge >= 0.3 is 0 Å². The van der Waals surface area contributed by atoms with E-state index in [1.165, 1.54) is 25.0 Å². The standard InChI is InChI=1S/C11H22N2S2/c1-7-8(2)15-10(6-14-7)11(13-12)9-4-3-5-9/h7-11,13H,3-6,12H2,1-2H3. The number of hydrazine groups is 1. The molecule has 1 heterocycles. The lowest BCUT2D eigenvalue weighted by atomic mass is 9.79. The molecule has 4 heteroatoms. The molecular formula is C11H22N2S2. The topological polar surface area (TPSA) is 38.0 Å². The highest BCUT2D eigenvalue weighted by Gasteiger charge is 2.36. The molecule has 0 aromatic carbocycles. The maximum Gasteiger partial charge on any atom is 0.0365 e. The van der Waals surface area contributed by atoms with Gasteiger partial charge in [0, 0.05) is 27.5 Å². The van der Waals surface area contributed by atoms with E-state index in [1.807, 2.05) is 0 Å². The highest BCUT2D eigenvalue weighted by molar-refractivity contribution is 8.07. The Labute approximate surface area is 101 Å². The highest BCUT2D eigenvalue weighted by Crippen LogP contribution is 2.41. The van der Waals surface area contributed by atoms with Gasteiger partial charge in [-0.25, -0.2) is 0 Å². The molecule has 0 spiro atoms. The van der Waals surface area contributed by atoms with Gasteiger partial charge in [0.05, 0.1) is 0 Å². The second-order valence-corrected chi connectivity index (χ2v) is 7.83. The monoisotopic (exact) mass is 246 g/mol. The van der Waals surface area contributed by atoms with Gasteiger partial charge in [-0.2, -0.15) is 23.5 Å².